The number of ether oxygens (including phenoxy) is 2. The van der Waals surface area contributed by atoms with Crippen LogP contribution in [0.2, 0.25) is 0 Å². The molecule has 1 N–H and O–H groups in total. The fourth-order valence-corrected chi connectivity index (χ4v) is 2.11. The molecule has 0 atom stereocenters. The first-order chi connectivity index (χ1) is 10.3. The third-order valence-corrected chi connectivity index (χ3v) is 3.32. The van der Waals surface area contributed by atoms with E-state index < -0.39 is 0 Å². The molecule has 1 aromatic carbocycles. The fourth-order valence-electron chi connectivity index (χ4n) is 2.11. The summed E-state index contributed by atoms with van der Waals surface area (Å²) in [5.41, 5.74) is 3.41. The molecule has 0 aliphatic carbocycles. The van der Waals surface area contributed by atoms with Gasteiger partial charge in [0.2, 0.25) is 11.8 Å². The third kappa shape index (κ3) is 3.92. The van der Waals surface area contributed by atoms with Gasteiger partial charge in [-0.25, -0.2) is 9.97 Å². The lowest BCUT2D eigenvalue weighted by Gasteiger charge is -2.11. The lowest BCUT2D eigenvalue weighted by molar-refractivity contribution is 0.359. The number of benzene rings is 1. The van der Waals surface area contributed by atoms with Crippen LogP contribution >= 0.6 is 0 Å². The Hall–Kier alpha value is -2.14. The van der Waals surface area contributed by atoms with Crippen LogP contribution in [0.1, 0.15) is 23.6 Å². The number of hydrogen-bond acceptors (Lipinski definition) is 5. The molecular formula is C16H21N3O2. The Labute approximate surface area is 125 Å². The van der Waals surface area contributed by atoms with Gasteiger partial charge in [0.15, 0.2) is 0 Å². The number of hydrogen-bond donors (Lipinski definition) is 1. The summed E-state index contributed by atoms with van der Waals surface area (Å²) in [5.74, 6) is 1.08. The van der Waals surface area contributed by atoms with Gasteiger partial charge in [-0.2, -0.15) is 0 Å². The number of aryl methyl sites for hydroxylation is 1. The largest absolute Gasteiger partial charge is 0.481 e. The summed E-state index contributed by atoms with van der Waals surface area (Å²) < 4.78 is 10.5. The molecule has 5 nitrogen and oxygen atoms in total. The van der Waals surface area contributed by atoms with Crippen LogP contribution in [-0.2, 0) is 19.5 Å². The molecule has 0 spiro atoms. The van der Waals surface area contributed by atoms with E-state index in [0.29, 0.717) is 18.3 Å². The minimum absolute atomic E-state index is 0.538. The molecule has 1 aromatic heterocycles. The summed E-state index contributed by atoms with van der Waals surface area (Å²) in [7, 11) is 3.18. The molecule has 0 bridgehead atoms. The summed E-state index contributed by atoms with van der Waals surface area (Å²) in [6.45, 7) is 3.51. The Morgan fingerprint density at radius 2 is 1.48 bits per heavy atom. The second-order valence-corrected chi connectivity index (χ2v) is 4.64. The quantitative estimate of drug-likeness (QED) is 0.847. The van der Waals surface area contributed by atoms with E-state index in [1.54, 1.807) is 14.2 Å². The van der Waals surface area contributed by atoms with Crippen LogP contribution in [0.15, 0.2) is 30.6 Å². The summed E-state index contributed by atoms with van der Waals surface area (Å²) >= 11 is 0. The van der Waals surface area contributed by atoms with Crippen LogP contribution in [0.4, 0.5) is 0 Å². The van der Waals surface area contributed by atoms with E-state index in [0.717, 1.165) is 18.5 Å². The Morgan fingerprint density at radius 3 is 2.00 bits per heavy atom. The van der Waals surface area contributed by atoms with E-state index in [4.69, 9.17) is 9.47 Å². The Morgan fingerprint density at radius 1 is 0.905 bits per heavy atom. The number of methoxy groups -OCH3 is 2. The second-order valence-electron chi connectivity index (χ2n) is 4.64. The van der Waals surface area contributed by atoms with Crippen molar-refractivity contribution in [3.05, 3.63) is 47.3 Å². The first-order valence-electron chi connectivity index (χ1n) is 6.98. The van der Waals surface area contributed by atoms with Gasteiger partial charge in [-0.3, -0.25) is 0 Å². The predicted molar refractivity (Wildman–Crippen MR) is 81.5 cm³/mol. The number of rotatable bonds is 7. The Balaban J connectivity index is 1.99. The standard InChI is InChI=1S/C16H21N3O2/c1-4-12-5-7-13(8-6-12)9-17-10-14-15(20-2)18-11-19-16(14)21-3/h5-8,11,17H,4,9-10H2,1-3H3. The zero-order valence-electron chi connectivity index (χ0n) is 12.7. The molecular weight excluding hydrogens is 266 g/mol. The van der Waals surface area contributed by atoms with Gasteiger partial charge in [0.25, 0.3) is 0 Å². The molecule has 0 unspecified atom stereocenters. The molecule has 5 heteroatoms. The zero-order chi connectivity index (χ0) is 15.1. The van der Waals surface area contributed by atoms with Gasteiger partial charge in [0, 0.05) is 13.1 Å². The Kier molecular flexibility index (Phi) is 5.51. The van der Waals surface area contributed by atoms with Crippen LogP contribution in [0.5, 0.6) is 11.8 Å². The van der Waals surface area contributed by atoms with Crippen molar-refractivity contribution in [3.63, 3.8) is 0 Å². The molecule has 0 saturated heterocycles. The van der Waals surface area contributed by atoms with E-state index in [1.165, 1.54) is 17.5 Å². The van der Waals surface area contributed by atoms with Crippen molar-refractivity contribution < 1.29 is 9.47 Å². The van der Waals surface area contributed by atoms with Crippen LogP contribution < -0.4 is 14.8 Å². The van der Waals surface area contributed by atoms with Gasteiger partial charge in [-0.05, 0) is 17.5 Å². The second kappa shape index (κ2) is 7.59. The molecule has 0 aliphatic rings. The van der Waals surface area contributed by atoms with Gasteiger partial charge in [0.1, 0.15) is 6.33 Å². The van der Waals surface area contributed by atoms with E-state index in [2.05, 4.69) is 46.5 Å². The van der Waals surface area contributed by atoms with Gasteiger partial charge < -0.3 is 14.8 Å². The highest BCUT2D eigenvalue weighted by molar-refractivity contribution is 5.34. The van der Waals surface area contributed by atoms with E-state index in [1.807, 2.05) is 0 Å². The van der Waals surface area contributed by atoms with E-state index >= 15 is 0 Å². The highest BCUT2D eigenvalue weighted by Gasteiger charge is 2.12. The van der Waals surface area contributed by atoms with Crippen molar-refractivity contribution in [2.45, 2.75) is 26.4 Å². The predicted octanol–water partition coefficient (Wildman–Crippen LogP) is 2.35. The molecule has 0 aliphatic heterocycles. The van der Waals surface area contributed by atoms with Crippen LogP contribution in [0.25, 0.3) is 0 Å². The van der Waals surface area contributed by atoms with Crippen molar-refractivity contribution in [3.8, 4) is 11.8 Å². The number of aromatic nitrogens is 2. The minimum Gasteiger partial charge on any atom is -0.481 e. The zero-order valence-corrected chi connectivity index (χ0v) is 12.7. The summed E-state index contributed by atoms with van der Waals surface area (Å²) in [6, 6.07) is 8.59. The van der Waals surface area contributed by atoms with Crippen LogP contribution in [0, 0.1) is 0 Å². The van der Waals surface area contributed by atoms with Crippen LogP contribution in [-0.4, -0.2) is 24.2 Å². The summed E-state index contributed by atoms with van der Waals surface area (Å²) in [5, 5.41) is 3.36. The molecule has 0 saturated carbocycles. The smallest absolute Gasteiger partial charge is 0.224 e. The lowest BCUT2D eigenvalue weighted by Crippen LogP contribution is -2.15. The number of nitrogens with one attached hydrogen (secondary N) is 1. The molecule has 21 heavy (non-hydrogen) atoms. The molecule has 0 radical (unpaired) electrons. The topological polar surface area (TPSA) is 56.3 Å². The molecule has 2 aromatic rings. The van der Waals surface area contributed by atoms with Crippen molar-refractivity contribution in [2.75, 3.05) is 14.2 Å². The molecule has 112 valence electrons. The fraction of sp³-hybridized carbons (Fsp3) is 0.375. The maximum Gasteiger partial charge on any atom is 0.224 e. The van der Waals surface area contributed by atoms with Gasteiger partial charge in [-0.15, -0.1) is 0 Å². The first-order valence-corrected chi connectivity index (χ1v) is 6.98. The Bertz CT molecular complexity index is 548. The molecule has 0 amide bonds. The van der Waals surface area contributed by atoms with Crippen molar-refractivity contribution in [1.29, 1.82) is 0 Å². The molecule has 0 fully saturated rings. The third-order valence-electron chi connectivity index (χ3n) is 3.32. The highest BCUT2D eigenvalue weighted by Crippen LogP contribution is 2.22. The van der Waals surface area contributed by atoms with Crippen molar-refractivity contribution in [2.24, 2.45) is 0 Å². The maximum absolute atomic E-state index is 5.25. The molecule has 2 rings (SSSR count). The monoisotopic (exact) mass is 287 g/mol. The molecule has 1 heterocycles. The summed E-state index contributed by atoms with van der Waals surface area (Å²) in [4.78, 5) is 8.20. The highest BCUT2D eigenvalue weighted by atomic mass is 16.5. The SMILES string of the molecule is CCc1ccc(CNCc2c(OC)ncnc2OC)cc1. The van der Waals surface area contributed by atoms with Gasteiger partial charge >= 0.3 is 0 Å². The van der Waals surface area contributed by atoms with E-state index in [9.17, 15) is 0 Å². The van der Waals surface area contributed by atoms with Crippen LogP contribution in [0.3, 0.4) is 0 Å². The minimum atomic E-state index is 0.538. The van der Waals surface area contributed by atoms with Gasteiger partial charge in [0.05, 0.1) is 19.8 Å². The maximum atomic E-state index is 5.25. The van der Waals surface area contributed by atoms with Crippen molar-refractivity contribution in [1.82, 2.24) is 15.3 Å². The van der Waals surface area contributed by atoms with E-state index in [-0.39, 0.29) is 0 Å². The van der Waals surface area contributed by atoms with Crippen molar-refractivity contribution >= 4 is 0 Å². The average molecular weight is 287 g/mol. The normalized spacial score (nSPS) is 10.4. The first kappa shape index (κ1) is 15.3. The number of nitrogens with zero attached hydrogens (tertiary/aromatic N) is 2. The average Bonchev–Trinajstić information content (AvgIpc) is 2.55. The lowest BCUT2D eigenvalue weighted by atomic mass is 10.1. The summed E-state index contributed by atoms with van der Waals surface area (Å²) in [6.07, 6.45) is 2.49. The van der Waals surface area contributed by atoms with Gasteiger partial charge in [-0.1, -0.05) is 31.2 Å².